The fraction of sp³-hybridized carbons (Fsp3) is 0.400. The zero-order valence-electron chi connectivity index (χ0n) is 18.9. The number of benzene rings is 2. The van der Waals surface area contributed by atoms with E-state index >= 15 is 0 Å². The van der Waals surface area contributed by atoms with E-state index in [1.807, 2.05) is 24.3 Å². The van der Waals surface area contributed by atoms with Crippen molar-refractivity contribution in [3.8, 4) is 11.3 Å². The van der Waals surface area contributed by atoms with Gasteiger partial charge in [-0.3, -0.25) is 0 Å². The third-order valence-corrected chi connectivity index (χ3v) is 7.47. The Morgan fingerprint density at radius 3 is 2.27 bits per heavy atom. The Balaban J connectivity index is 2.02. The Kier molecular flexibility index (Phi) is 2.99. The second-order valence-corrected chi connectivity index (χ2v) is 9.29. The molecule has 0 saturated carbocycles. The molecule has 1 heteroatoms. The van der Waals surface area contributed by atoms with Crippen molar-refractivity contribution in [3.63, 3.8) is 0 Å². The van der Waals surface area contributed by atoms with Gasteiger partial charge >= 0.3 is 0 Å². The molecule has 134 valence electrons. The number of rotatable bonds is 1. The second-order valence-electron chi connectivity index (χ2n) is 9.29. The summed E-state index contributed by atoms with van der Waals surface area (Å²) in [6.45, 7) is 15.5. The van der Waals surface area contributed by atoms with Crippen molar-refractivity contribution < 1.29 is 2.74 Å². The highest BCUT2D eigenvalue weighted by molar-refractivity contribution is 5.84. The maximum Gasteiger partial charge on any atom is 0.0712 e. The Morgan fingerprint density at radius 1 is 0.846 bits per heavy atom. The van der Waals surface area contributed by atoms with Gasteiger partial charge in [0, 0.05) is 10.9 Å². The highest BCUT2D eigenvalue weighted by Gasteiger charge is 2.56. The summed E-state index contributed by atoms with van der Waals surface area (Å²) >= 11 is 0. The first kappa shape index (κ1) is 15.0. The van der Waals surface area contributed by atoms with Gasteiger partial charge in [-0.25, -0.2) is 4.98 Å². The largest absolute Gasteiger partial charge is 0.248 e. The minimum Gasteiger partial charge on any atom is -0.248 e. The molecule has 0 spiro atoms. The van der Waals surface area contributed by atoms with Crippen molar-refractivity contribution in [2.24, 2.45) is 5.41 Å². The van der Waals surface area contributed by atoms with Crippen LogP contribution in [0.3, 0.4) is 0 Å². The number of nitrogens with zero attached hydrogens (tertiary/aromatic N) is 1. The lowest BCUT2D eigenvalue weighted by Gasteiger charge is -2.44. The van der Waals surface area contributed by atoms with Gasteiger partial charge in [-0.2, -0.15) is 0 Å². The zero-order chi connectivity index (χ0) is 20.6. The molecule has 1 aliphatic carbocycles. The zero-order valence-corrected chi connectivity index (χ0v) is 16.9. The van der Waals surface area contributed by atoms with Crippen LogP contribution >= 0.6 is 0 Å². The molecule has 4 rings (SSSR count). The Morgan fingerprint density at radius 2 is 1.54 bits per heavy atom. The van der Waals surface area contributed by atoms with E-state index in [4.69, 9.17) is 7.73 Å². The molecule has 0 saturated heterocycles. The number of pyridine rings is 1. The predicted molar refractivity (Wildman–Crippen MR) is 112 cm³/mol. The molecule has 0 radical (unpaired) electrons. The summed E-state index contributed by atoms with van der Waals surface area (Å²) in [6, 6.07) is 13.1. The van der Waals surface area contributed by atoms with Crippen LogP contribution in [0.1, 0.15) is 61.0 Å². The molecule has 1 nitrogen and oxygen atoms in total. The average molecular weight is 346 g/mol. The van der Waals surface area contributed by atoms with Gasteiger partial charge in [-0.05, 0) is 58.0 Å². The SMILES string of the molecule is [2H]c1cc(-c2ccc3c(C)cccc3n2)c([2H])c2c1C(C)(C)C(C)(C)C2(C)C. The normalized spacial score (nSPS) is 20.6. The number of aryl methyl sites for hydroxylation is 1. The monoisotopic (exact) mass is 345 g/mol. The smallest absolute Gasteiger partial charge is 0.0712 e. The van der Waals surface area contributed by atoms with Gasteiger partial charge in [0.15, 0.2) is 0 Å². The highest BCUT2D eigenvalue weighted by atomic mass is 14.7. The number of fused-ring (bicyclic) bond motifs is 2. The summed E-state index contributed by atoms with van der Waals surface area (Å²) in [5, 5.41) is 1.13. The maximum atomic E-state index is 9.10. The van der Waals surface area contributed by atoms with Crippen molar-refractivity contribution >= 4 is 10.9 Å². The van der Waals surface area contributed by atoms with Crippen LogP contribution in [-0.2, 0) is 10.8 Å². The fourth-order valence-corrected chi connectivity index (χ4v) is 4.41. The summed E-state index contributed by atoms with van der Waals surface area (Å²) in [5.74, 6) is 0. The molecule has 0 atom stereocenters. The molecule has 0 unspecified atom stereocenters. The first-order valence-corrected chi connectivity index (χ1v) is 9.43. The Labute approximate surface area is 160 Å². The molecule has 1 aliphatic rings. The average Bonchev–Trinajstić information content (AvgIpc) is 2.72. The van der Waals surface area contributed by atoms with Crippen LogP contribution in [0.2, 0.25) is 0 Å². The molecular formula is C25H29N. The molecule has 0 amide bonds. The molecule has 2 aromatic carbocycles. The van der Waals surface area contributed by atoms with Crippen LogP contribution in [0.25, 0.3) is 22.2 Å². The fourth-order valence-electron chi connectivity index (χ4n) is 4.41. The second kappa shape index (κ2) is 5.19. The lowest BCUT2D eigenvalue weighted by Crippen LogP contribution is -2.42. The van der Waals surface area contributed by atoms with Gasteiger partial charge in [-0.15, -0.1) is 0 Å². The standard InChI is InChI=1S/C25H29N/c1-16-9-8-10-22-18(16)12-14-21(26-22)17-11-13-19-20(15-17)24(4,5)25(6,7)23(19,2)3/h8-15H,1-7H3/i13D,15D. The Bertz CT molecular complexity index is 1120. The van der Waals surface area contributed by atoms with E-state index < -0.39 is 0 Å². The summed E-state index contributed by atoms with van der Waals surface area (Å²) in [4.78, 5) is 4.85. The molecule has 1 heterocycles. The lowest BCUT2D eigenvalue weighted by molar-refractivity contribution is 0.125. The van der Waals surface area contributed by atoms with E-state index in [9.17, 15) is 0 Å². The van der Waals surface area contributed by atoms with Crippen LogP contribution in [0.4, 0.5) is 0 Å². The summed E-state index contributed by atoms with van der Waals surface area (Å²) < 4.78 is 17.9. The van der Waals surface area contributed by atoms with Gasteiger partial charge in [0.05, 0.1) is 14.0 Å². The highest BCUT2D eigenvalue weighted by Crippen LogP contribution is 2.61. The van der Waals surface area contributed by atoms with Crippen molar-refractivity contribution in [3.05, 3.63) is 65.2 Å². The first-order chi connectivity index (χ1) is 12.9. The molecule has 26 heavy (non-hydrogen) atoms. The van der Waals surface area contributed by atoms with E-state index in [2.05, 4.69) is 60.6 Å². The van der Waals surface area contributed by atoms with Gasteiger partial charge in [0.2, 0.25) is 0 Å². The van der Waals surface area contributed by atoms with Crippen LogP contribution < -0.4 is 0 Å². The molecule has 0 N–H and O–H groups in total. The first-order valence-electron chi connectivity index (χ1n) is 10.4. The van der Waals surface area contributed by atoms with Gasteiger partial charge < -0.3 is 0 Å². The Hall–Kier alpha value is -2.15. The van der Waals surface area contributed by atoms with E-state index in [0.717, 1.165) is 33.3 Å². The summed E-state index contributed by atoms with van der Waals surface area (Å²) in [7, 11) is 0. The van der Waals surface area contributed by atoms with E-state index in [0.29, 0.717) is 12.1 Å². The maximum absolute atomic E-state index is 9.10. The minimum absolute atomic E-state index is 0.0690. The molecule has 0 bridgehead atoms. The van der Waals surface area contributed by atoms with Crippen LogP contribution in [-0.4, -0.2) is 4.98 Å². The van der Waals surface area contributed by atoms with E-state index in [-0.39, 0.29) is 16.2 Å². The third kappa shape index (κ3) is 2.06. The number of aromatic nitrogens is 1. The minimum atomic E-state index is -0.206. The van der Waals surface area contributed by atoms with E-state index in [1.54, 1.807) is 0 Å². The number of hydrogen-bond acceptors (Lipinski definition) is 1. The van der Waals surface area contributed by atoms with Crippen molar-refractivity contribution in [2.45, 2.75) is 59.3 Å². The lowest BCUT2D eigenvalue weighted by atomic mass is 9.59. The molecular weight excluding hydrogens is 314 g/mol. The summed E-state index contributed by atoms with van der Waals surface area (Å²) in [6.07, 6.45) is 0. The van der Waals surface area contributed by atoms with Gasteiger partial charge in [-0.1, -0.05) is 71.9 Å². The van der Waals surface area contributed by atoms with Crippen LogP contribution in [0.15, 0.2) is 48.5 Å². The predicted octanol–water partition coefficient (Wildman–Crippen LogP) is 6.81. The summed E-state index contributed by atoms with van der Waals surface area (Å²) in [5.41, 5.74) is 5.25. The number of hydrogen-bond donors (Lipinski definition) is 0. The van der Waals surface area contributed by atoms with Crippen LogP contribution in [0, 0.1) is 12.3 Å². The molecule has 1 aromatic heterocycles. The van der Waals surface area contributed by atoms with Crippen molar-refractivity contribution in [1.29, 1.82) is 0 Å². The van der Waals surface area contributed by atoms with Crippen molar-refractivity contribution in [2.75, 3.05) is 0 Å². The van der Waals surface area contributed by atoms with Gasteiger partial charge in [0.1, 0.15) is 0 Å². The third-order valence-electron chi connectivity index (χ3n) is 7.47. The van der Waals surface area contributed by atoms with Gasteiger partial charge in [0.25, 0.3) is 0 Å². The van der Waals surface area contributed by atoms with E-state index in [1.165, 1.54) is 5.56 Å². The van der Waals surface area contributed by atoms with Crippen LogP contribution in [0.5, 0.6) is 0 Å². The topological polar surface area (TPSA) is 12.9 Å². The molecule has 0 aliphatic heterocycles. The molecule has 3 aromatic rings. The quantitative estimate of drug-likeness (QED) is 0.472. The molecule has 0 fully saturated rings. The van der Waals surface area contributed by atoms with Crippen molar-refractivity contribution in [1.82, 2.24) is 4.98 Å².